The van der Waals surface area contributed by atoms with Crippen LogP contribution in [0.4, 0.5) is 11.5 Å². The highest BCUT2D eigenvalue weighted by Gasteiger charge is 2.22. The maximum absolute atomic E-state index is 5.85. The molecule has 0 radical (unpaired) electrons. The van der Waals surface area contributed by atoms with Gasteiger partial charge in [-0.2, -0.15) is 0 Å². The first-order chi connectivity index (χ1) is 10.7. The third kappa shape index (κ3) is 3.98. The van der Waals surface area contributed by atoms with Crippen molar-refractivity contribution >= 4 is 11.5 Å². The molecule has 1 aromatic carbocycles. The average Bonchev–Trinajstić information content (AvgIpc) is 2.93. The van der Waals surface area contributed by atoms with E-state index in [-0.39, 0.29) is 0 Å². The van der Waals surface area contributed by atoms with Crippen LogP contribution >= 0.6 is 0 Å². The topological polar surface area (TPSA) is 54.2 Å². The standard InChI is InChI=1S/C18H24N4/c1-14-4-2-7-18(21-14)20-11-16-8-9-22(13-16)12-15-5-3-6-17(19)10-15/h2-7,10,16H,8-9,11-13,19H2,1H3,(H,20,21). The van der Waals surface area contributed by atoms with Gasteiger partial charge in [0.15, 0.2) is 0 Å². The Morgan fingerprint density at radius 2 is 2.14 bits per heavy atom. The van der Waals surface area contributed by atoms with E-state index in [1.54, 1.807) is 0 Å². The van der Waals surface area contributed by atoms with Crippen LogP contribution in [0.5, 0.6) is 0 Å². The number of pyridine rings is 1. The van der Waals surface area contributed by atoms with E-state index >= 15 is 0 Å². The summed E-state index contributed by atoms with van der Waals surface area (Å²) in [7, 11) is 0. The summed E-state index contributed by atoms with van der Waals surface area (Å²) in [6.45, 7) is 6.29. The summed E-state index contributed by atoms with van der Waals surface area (Å²) in [5.74, 6) is 1.66. The largest absolute Gasteiger partial charge is 0.399 e. The number of nitrogens with zero attached hydrogens (tertiary/aromatic N) is 2. The van der Waals surface area contributed by atoms with E-state index < -0.39 is 0 Å². The zero-order chi connectivity index (χ0) is 15.4. The van der Waals surface area contributed by atoms with E-state index in [0.717, 1.165) is 43.4 Å². The van der Waals surface area contributed by atoms with Gasteiger partial charge in [0.25, 0.3) is 0 Å². The van der Waals surface area contributed by atoms with E-state index in [1.165, 1.54) is 12.0 Å². The molecule has 1 aliphatic heterocycles. The highest BCUT2D eigenvalue weighted by atomic mass is 15.1. The summed E-state index contributed by atoms with van der Waals surface area (Å²) >= 11 is 0. The number of nitrogens with one attached hydrogen (secondary N) is 1. The predicted molar refractivity (Wildman–Crippen MR) is 91.7 cm³/mol. The molecule has 1 saturated heterocycles. The number of rotatable bonds is 5. The monoisotopic (exact) mass is 296 g/mol. The molecule has 22 heavy (non-hydrogen) atoms. The molecule has 4 nitrogen and oxygen atoms in total. The first kappa shape index (κ1) is 14.9. The van der Waals surface area contributed by atoms with Crippen molar-refractivity contribution in [2.24, 2.45) is 5.92 Å². The van der Waals surface area contributed by atoms with Gasteiger partial charge in [0, 0.05) is 31.0 Å². The van der Waals surface area contributed by atoms with Crippen LogP contribution in [-0.2, 0) is 6.54 Å². The van der Waals surface area contributed by atoms with Gasteiger partial charge >= 0.3 is 0 Å². The number of hydrogen-bond acceptors (Lipinski definition) is 4. The third-order valence-electron chi connectivity index (χ3n) is 4.19. The van der Waals surface area contributed by atoms with Crippen molar-refractivity contribution in [2.75, 3.05) is 30.7 Å². The maximum atomic E-state index is 5.85. The van der Waals surface area contributed by atoms with Crippen LogP contribution in [0.2, 0.25) is 0 Å². The van der Waals surface area contributed by atoms with Crippen LogP contribution in [0.15, 0.2) is 42.5 Å². The maximum Gasteiger partial charge on any atom is 0.126 e. The minimum Gasteiger partial charge on any atom is -0.399 e. The lowest BCUT2D eigenvalue weighted by atomic mass is 10.1. The Morgan fingerprint density at radius 3 is 2.95 bits per heavy atom. The predicted octanol–water partition coefficient (Wildman–Crippen LogP) is 2.91. The van der Waals surface area contributed by atoms with E-state index in [1.807, 2.05) is 37.3 Å². The van der Waals surface area contributed by atoms with Crippen molar-refractivity contribution in [3.8, 4) is 0 Å². The number of likely N-dealkylation sites (tertiary alicyclic amines) is 1. The van der Waals surface area contributed by atoms with Gasteiger partial charge in [-0.3, -0.25) is 4.90 Å². The third-order valence-corrected chi connectivity index (χ3v) is 4.19. The second-order valence-electron chi connectivity index (χ2n) is 6.18. The molecular formula is C18H24N4. The minimum absolute atomic E-state index is 0.684. The van der Waals surface area contributed by atoms with Gasteiger partial charge in [-0.1, -0.05) is 18.2 Å². The van der Waals surface area contributed by atoms with E-state index in [4.69, 9.17) is 5.73 Å². The summed E-state index contributed by atoms with van der Waals surface area (Å²) in [6.07, 6.45) is 1.24. The van der Waals surface area contributed by atoms with Gasteiger partial charge in [-0.25, -0.2) is 4.98 Å². The molecular weight excluding hydrogens is 272 g/mol. The molecule has 0 saturated carbocycles. The molecule has 3 N–H and O–H groups in total. The minimum atomic E-state index is 0.684. The van der Waals surface area contributed by atoms with Crippen LogP contribution in [0.25, 0.3) is 0 Å². The summed E-state index contributed by atoms with van der Waals surface area (Å²) in [5, 5.41) is 3.46. The molecule has 4 heteroatoms. The van der Waals surface area contributed by atoms with Crippen molar-refractivity contribution < 1.29 is 0 Å². The fraction of sp³-hybridized carbons (Fsp3) is 0.389. The van der Waals surface area contributed by atoms with E-state index in [2.05, 4.69) is 27.3 Å². The van der Waals surface area contributed by atoms with Crippen molar-refractivity contribution in [1.82, 2.24) is 9.88 Å². The number of nitrogen functional groups attached to an aromatic ring is 1. The Balaban J connectivity index is 1.48. The molecule has 0 bridgehead atoms. The van der Waals surface area contributed by atoms with E-state index in [9.17, 15) is 0 Å². The normalized spacial score (nSPS) is 18.5. The molecule has 2 aromatic rings. The summed E-state index contributed by atoms with van der Waals surface area (Å²) in [5.41, 5.74) is 9.05. The lowest BCUT2D eigenvalue weighted by molar-refractivity contribution is 0.319. The lowest BCUT2D eigenvalue weighted by Gasteiger charge is -2.17. The number of aryl methyl sites for hydroxylation is 1. The summed E-state index contributed by atoms with van der Waals surface area (Å²) < 4.78 is 0. The smallest absolute Gasteiger partial charge is 0.126 e. The van der Waals surface area contributed by atoms with Gasteiger partial charge < -0.3 is 11.1 Å². The molecule has 1 fully saturated rings. The van der Waals surface area contributed by atoms with Gasteiger partial charge in [-0.05, 0) is 55.6 Å². The summed E-state index contributed by atoms with van der Waals surface area (Å²) in [6, 6.07) is 14.3. The fourth-order valence-corrected chi connectivity index (χ4v) is 3.06. The number of aromatic nitrogens is 1. The Morgan fingerprint density at radius 1 is 1.27 bits per heavy atom. The van der Waals surface area contributed by atoms with Gasteiger partial charge in [0.1, 0.15) is 5.82 Å². The van der Waals surface area contributed by atoms with Crippen LogP contribution in [0.1, 0.15) is 17.7 Å². The summed E-state index contributed by atoms with van der Waals surface area (Å²) in [4.78, 5) is 7.00. The molecule has 0 spiro atoms. The number of nitrogens with two attached hydrogens (primary N) is 1. The highest BCUT2D eigenvalue weighted by molar-refractivity contribution is 5.40. The fourth-order valence-electron chi connectivity index (χ4n) is 3.06. The van der Waals surface area contributed by atoms with Gasteiger partial charge in [-0.15, -0.1) is 0 Å². The number of anilines is 2. The quantitative estimate of drug-likeness (QED) is 0.833. The lowest BCUT2D eigenvalue weighted by Crippen LogP contribution is -2.22. The number of benzene rings is 1. The molecule has 1 atom stereocenters. The Bertz CT molecular complexity index is 626. The van der Waals surface area contributed by atoms with Crippen LogP contribution < -0.4 is 11.1 Å². The van der Waals surface area contributed by atoms with Crippen LogP contribution in [0.3, 0.4) is 0 Å². The van der Waals surface area contributed by atoms with Crippen LogP contribution in [-0.4, -0.2) is 29.5 Å². The van der Waals surface area contributed by atoms with E-state index in [0.29, 0.717) is 5.92 Å². The molecule has 3 rings (SSSR count). The molecule has 0 aliphatic carbocycles. The molecule has 1 unspecified atom stereocenters. The second-order valence-corrected chi connectivity index (χ2v) is 6.18. The average molecular weight is 296 g/mol. The Kier molecular flexibility index (Phi) is 4.59. The van der Waals surface area contributed by atoms with Crippen molar-refractivity contribution in [1.29, 1.82) is 0 Å². The number of hydrogen-bond donors (Lipinski definition) is 2. The van der Waals surface area contributed by atoms with Crippen molar-refractivity contribution in [2.45, 2.75) is 19.9 Å². The molecule has 116 valence electrons. The van der Waals surface area contributed by atoms with Crippen LogP contribution in [0, 0.1) is 12.8 Å². The van der Waals surface area contributed by atoms with Crippen molar-refractivity contribution in [3.63, 3.8) is 0 Å². The zero-order valence-corrected chi connectivity index (χ0v) is 13.1. The van der Waals surface area contributed by atoms with Gasteiger partial charge in [0.05, 0.1) is 0 Å². The molecule has 1 aliphatic rings. The molecule has 1 aromatic heterocycles. The first-order valence-corrected chi connectivity index (χ1v) is 7.93. The molecule has 0 amide bonds. The Labute approximate surface area is 132 Å². The first-order valence-electron chi connectivity index (χ1n) is 7.93. The molecule has 2 heterocycles. The SMILES string of the molecule is Cc1cccc(NCC2CCN(Cc3cccc(N)c3)C2)n1. The van der Waals surface area contributed by atoms with Crippen molar-refractivity contribution in [3.05, 3.63) is 53.7 Å². The Hall–Kier alpha value is -2.07. The highest BCUT2D eigenvalue weighted by Crippen LogP contribution is 2.20. The van der Waals surface area contributed by atoms with Gasteiger partial charge in [0.2, 0.25) is 0 Å². The second kappa shape index (κ2) is 6.79. The zero-order valence-electron chi connectivity index (χ0n) is 13.1.